The zero-order valence-corrected chi connectivity index (χ0v) is 10.0. The van der Waals surface area contributed by atoms with Crippen molar-refractivity contribution >= 4 is 28.0 Å². The van der Waals surface area contributed by atoms with E-state index >= 15 is 0 Å². The Morgan fingerprint density at radius 2 is 2.16 bits per heavy atom. The summed E-state index contributed by atoms with van der Waals surface area (Å²) < 4.78 is 6.51. The number of furan rings is 1. The molecule has 0 fully saturated rings. The molecule has 1 N–H and O–H groups in total. The van der Waals surface area contributed by atoms with Crippen molar-refractivity contribution in [1.29, 1.82) is 0 Å². The van der Waals surface area contributed by atoms with E-state index in [9.17, 15) is 9.59 Å². The Bertz CT molecular complexity index is 847. The van der Waals surface area contributed by atoms with Gasteiger partial charge in [-0.05, 0) is 19.1 Å². The predicted octanol–water partition coefficient (Wildman–Crippen LogP) is 1.79. The molecule has 0 amide bonds. The van der Waals surface area contributed by atoms with Crippen molar-refractivity contribution in [3.05, 3.63) is 40.9 Å². The largest absolute Gasteiger partial charge is 0.480 e. The zero-order valence-electron chi connectivity index (χ0n) is 10.0. The molecule has 0 aliphatic rings. The van der Waals surface area contributed by atoms with Crippen molar-refractivity contribution < 1.29 is 14.3 Å². The summed E-state index contributed by atoms with van der Waals surface area (Å²) in [5.41, 5.74) is 0.602. The first-order valence-corrected chi connectivity index (χ1v) is 5.71. The molecule has 1 unspecified atom stereocenters. The number of carboxylic acid groups (broad SMARTS) is 1. The molecule has 1 atom stereocenters. The Kier molecular flexibility index (Phi) is 2.38. The molecule has 6 heteroatoms. The lowest BCUT2D eigenvalue weighted by Crippen LogP contribution is -2.27. The van der Waals surface area contributed by atoms with Gasteiger partial charge in [0.2, 0.25) is 5.58 Å². The van der Waals surface area contributed by atoms with Crippen LogP contribution in [0.25, 0.3) is 22.1 Å². The van der Waals surface area contributed by atoms with Crippen LogP contribution >= 0.6 is 0 Å². The topological polar surface area (TPSA) is 85.3 Å². The summed E-state index contributed by atoms with van der Waals surface area (Å²) in [5, 5.41) is 9.69. The molecule has 0 aliphatic carbocycles. The molecule has 0 saturated carbocycles. The number of carboxylic acids is 1. The molecule has 6 nitrogen and oxygen atoms in total. The van der Waals surface area contributed by atoms with Crippen LogP contribution in [0.3, 0.4) is 0 Å². The van der Waals surface area contributed by atoms with Crippen LogP contribution in [0.5, 0.6) is 0 Å². The van der Waals surface area contributed by atoms with Gasteiger partial charge in [0.15, 0.2) is 0 Å². The first-order valence-electron chi connectivity index (χ1n) is 5.71. The maximum atomic E-state index is 12.2. The van der Waals surface area contributed by atoms with Gasteiger partial charge in [-0.1, -0.05) is 12.1 Å². The first kappa shape index (κ1) is 11.5. The van der Waals surface area contributed by atoms with E-state index in [4.69, 9.17) is 9.52 Å². The number of aliphatic carboxylic acids is 1. The van der Waals surface area contributed by atoms with E-state index in [2.05, 4.69) is 4.98 Å². The number of para-hydroxylation sites is 1. The van der Waals surface area contributed by atoms with Crippen LogP contribution < -0.4 is 5.56 Å². The monoisotopic (exact) mass is 258 g/mol. The molecule has 0 bridgehead atoms. The Labute approximate surface area is 106 Å². The molecule has 3 aromatic rings. The van der Waals surface area contributed by atoms with Gasteiger partial charge in [0.1, 0.15) is 17.1 Å². The maximum absolute atomic E-state index is 12.2. The van der Waals surface area contributed by atoms with Crippen LogP contribution in [-0.4, -0.2) is 20.6 Å². The highest BCUT2D eigenvalue weighted by Crippen LogP contribution is 2.24. The van der Waals surface area contributed by atoms with Gasteiger partial charge in [-0.15, -0.1) is 0 Å². The van der Waals surface area contributed by atoms with Gasteiger partial charge < -0.3 is 9.52 Å². The van der Waals surface area contributed by atoms with E-state index in [1.165, 1.54) is 13.3 Å². The van der Waals surface area contributed by atoms with Gasteiger partial charge in [-0.2, -0.15) is 0 Å². The summed E-state index contributed by atoms with van der Waals surface area (Å²) in [7, 11) is 0. The molecule has 0 aliphatic heterocycles. The van der Waals surface area contributed by atoms with Gasteiger partial charge in [0.05, 0.1) is 6.33 Å². The van der Waals surface area contributed by atoms with E-state index in [-0.39, 0.29) is 5.58 Å². The summed E-state index contributed by atoms with van der Waals surface area (Å²) >= 11 is 0. The molecule has 0 radical (unpaired) electrons. The van der Waals surface area contributed by atoms with Crippen molar-refractivity contribution in [3.63, 3.8) is 0 Å². The van der Waals surface area contributed by atoms with E-state index < -0.39 is 17.6 Å². The predicted molar refractivity (Wildman–Crippen MR) is 68.1 cm³/mol. The second-order valence-corrected chi connectivity index (χ2v) is 4.25. The van der Waals surface area contributed by atoms with Crippen LogP contribution in [-0.2, 0) is 4.79 Å². The molecular formula is C13H10N2O4. The van der Waals surface area contributed by atoms with Crippen molar-refractivity contribution in [1.82, 2.24) is 9.55 Å². The highest BCUT2D eigenvalue weighted by molar-refractivity contribution is 6.01. The van der Waals surface area contributed by atoms with Crippen LogP contribution in [0.2, 0.25) is 0 Å². The molecule has 96 valence electrons. The fourth-order valence-corrected chi connectivity index (χ4v) is 1.99. The summed E-state index contributed by atoms with van der Waals surface area (Å²) in [5.74, 6) is -1.10. The normalized spacial score (nSPS) is 12.9. The molecule has 2 heterocycles. The van der Waals surface area contributed by atoms with Gasteiger partial charge in [0, 0.05) is 5.39 Å². The fourth-order valence-electron chi connectivity index (χ4n) is 1.99. The highest BCUT2D eigenvalue weighted by atomic mass is 16.4. The minimum Gasteiger partial charge on any atom is -0.480 e. The lowest BCUT2D eigenvalue weighted by atomic mass is 10.2. The number of nitrogens with zero attached hydrogens (tertiary/aromatic N) is 2. The molecule has 0 spiro atoms. The molecule has 19 heavy (non-hydrogen) atoms. The van der Waals surface area contributed by atoms with Crippen molar-refractivity contribution in [2.75, 3.05) is 0 Å². The number of benzene rings is 1. The summed E-state index contributed by atoms with van der Waals surface area (Å²) in [6, 6.07) is 6.17. The van der Waals surface area contributed by atoms with Crippen LogP contribution in [0.1, 0.15) is 13.0 Å². The van der Waals surface area contributed by atoms with Gasteiger partial charge in [-0.3, -0.25) is 9.36 Å². The van der Waals surface area contributed by atoms with E-state index in [0.29, 0.717) is 11.1 Å². The average molecular weight is 258 g/mol. The Morgan fingerprint density at radius 1 is 1.42 bits per heavy atom. The van der Waals surface area contributed by atoms with Crippen LogP contribution in [0, 0.1) is 0 Å². The number of carbonyl (C=O) groups is 1. The summed E-state index contributed by atoms with van der Waals surface area (Å²) in [6.45, 7) is 1.42. The fraction of sp³-hybridized carbons (Fsp3) is 0.154. The third kappa shape index (κ3) is 1.61. The summed E-state index contributed by atoms with van der Waals surface area (Å²) in [6.07, 6.45) is 1.24. The van der Waals surface area contributed by atoms with Gasteiger partial charge in [0.25, 0.3) is 5.56 Å². The Hall–Kier alpha value is -2.63. The van der Waals surface area contributed by atoms with E-state index in [1.54, 1.807) is 18.2 Å². The van der Waals surface area contributed by atoms with E-state index in [1.807, 2.05) is 6.07 Å². The number of hydrogen-bond donors (Lipinski definition) is 1. The number of aromatic nitrogens is 2. The Morgan fingerprint density at radius 3 is 2.89 bits per heavy atom. The lowest BCUT2D eigenvalue weighted by Gasteiger charge is -2.08. The lowest BCUT2D eigenvalue weighted by molar-refractivity contribution is -0.140. The van der Waals surface area contributed by atoms with Crippen molar-refractivity contribution in [2.45, 2.75) is 13.0 Å². The summed E-state index contributed by atoms with van der Waals surface area (Å²) in [4.78, 5) is 27.3. The minimum atomic E-state index is -1.10. The molecule has 1 aromatic carbocycles. The minimum absolute atomic E-state index is 0.0804. The standard InChI is InChI=1S/C13H10N2O4/c1-7(13(17)18)15-6-14-10-8-4-2-3-5-9(8)19-11(10)12(15)16/h2-7H,1H3,(H,17,18). The number of rotatable bonds is 2. The van der Waals surface area contributed by atoms with Crippen LogP contribution in [0.4, 0.5) is 0 Å². The maximum Gasteiger partial charge on any atom is 0.326 e. The van der Waals surface area contributed by atoms with Crippen molar-refractivity contribution in [3.8, 4) is 0 Å². The SMILES string of the molecule is CC(C(=O)O)n1cnc2c(oc3ccccc32)c1=O. The third-order valence-corrected chi connectivity index (χ3v) is 3.08. The van der Waals surface area contributed by atoms with E-state index in [0.717, 1.165) is 9.95 Å². The first-order chi connectivity index (χ1) is 9.09. The second-order valence-electron chi connectivity index (χ2n) is 4.25. The van der Waals surface area contributed by atoms with Crippen LogP contribution in [0.15, 0.2) is 39.8 Å². The third-order valence-electron chi connectivity index (χ3n) is 3.08. The molecule has 0 saturated heterocycles. The highest BCUT2D eigenvalue weighted by Gasteiger charge is 2.19. The smallest absolute Gasteiger partial charge is 0.326 e. The second kappa shape index (κ2) is 3.94. The van der Waals surface area contributed by atoms with Gasteiger partial charge >= 0.3 is 5.97 Å². The molecule has 3 rings (SSSR count). The molecular weight excluding hydrogens is 248 g/mol. The molecule has 2 aromatic heterocycles. The average Bonchev–Trinajstić information content (AvgIpc) is 2.78. The Balaban J connectivity index is 2.37. The number of hydrogen-bond acceptors (Lipinski definition) is 4. The quantitative estimate of drug-likeness (QED) is 0.757. The number of fused-ring (bicyclic) bond motifs is 3. The zero-order chi connectivity index (χ0) is 13.6. The van der Waals surface area contributed by atoms with Gasteiger partial charge in [-0.25, -0.2) is 9.78 Å². The van der Waals surface area contributed by atoms with Crippen molar-refractivity contribution in [2.24, 2.45) is 0 Å².